The van der Waals surface area contributed by atoms with Crippen LogP contribution in [0, 0.1) is 0 Å². The molecule has 0 radical (unpaired) electrons. The predicted octanol–water partition coefficient (Wildman–Crippen LogP) is 1.08. The van der Waals surface area contributed by atoms with E-state index in [-0.39, 0.29) is 18.5 Å². The van der Waals surface area contributed by atoms with Crippen molar-refractivity contribution in [2.75, 3.05) is 0 Å². The van der Waals surface area contributed by atoms with E-state index in [1.807, 2.05) is 13.8 Å². The molecule has 1 aromatic heterocycles. The Morgan fingerprint density at radius 2 is 2.29 bits per heavy atom. The molecule has 0 amide bonds. The Labute approximate surface area is 82.9 Å². The number of nitrogens with one attached hydrogen (secondary N) is 1. The molecule has 5 nitrogen and oxygen atoms in total. The van der Waals surface area contributed by atoms with Crippen molar-refractivity contribution in [2.45, 2.75) is 39.2 Å². The number of aromatic nitrogens is 3. The number of nitrogens with zero attached hydrogens (tertiary/aromatic N) is 2. The molecule has 0 saturated carbocycles. The maximum Gasteiger partial charge on any atom is 0.313 e. The zero-order valence-corrected chi connectivity index (χ0v) is 8.49. The number of hydrogen-bond donors (Lipinski definition) is 1. The van der Waals surface area contributed by atoms with Crippen LogP contribution < -0.4 is 0 Å². The van der Waals surface area contributed by atoms with Gasteiger partial charge in [0.15, 0.2) is 0 Å². The molecular weight excluding hydrogens is 182 g/mol. The zero-order valence-electron chi connectivity index (χ0n) is 8.49. The minimum Gasteiger partial charge on any atom is -0.462 e. The standard InChI is InChI=1S/C9H15N3O2/c1-3-7(4-2)14-9(13)5-8-10-6-11-12-8/h6-7H,3-5H2,1-2H3,(H,10,11,12). The van der Waals surface area contributed by atoms with E-state index in [1.165, 1.54) is 6.33 Å². The van der Waals surface area contributed by atoms with Gasteiger partial charge in [-0.2, -0.15) is 5.10 Å². The summed E-state index contributed by atoms with van der Waals surface area (Å²) in [6.45, 7) is 3.99. The number of H-pyrrole nitrogens is 1. The highest BCUT2D eigenvalue weighted by Gasteiger charge is 2.12. The number of aromatic amines is 1. The number of esters is 1. The highest BCUT2D eigenvalue weighted by atomic mass is 16.5. The summed E-state index contributed by atoms with van der Waals surface area (Å²) < 4.78 is 5.20. The Morgan fingerprint density at radius 1 is 1.57 bits per heavy atom. The molecule has 0 fully saturated rings. The fraction of sp³-hybridized carbons (Fsp3) is 0.667. The molecule has 0 aliphatic carbocycles. The smallest absolute Gasteiger partial charge is 0.313 e. The molecule has 0 aliphatic heterocycles. The fourth-order valence-corrected chi connectivity index (χ4v) is 1.14. The van der Waals surface area contributed by atoms with Gasteiger partial charge >= 0.3 is 5.97 Å². The van der Waals surface area contributed by atoms with Crippen LogP contribution in [0.1, 0.15) is 32.5 Å². The minimum atomic E-state index is -0.254. The molecule has 0 unspecified atom stereocenters. The number of carbonyl (C=O) groups excluding carboxylic acids is 1. The van der Waals surface area contributed by atoms with E-state index in [0.29, 0.717) is 5.82 Å². The molecule has 1 aromatic rings. The summed E-state index contributed by atoms with van der Waals surface area (Å²) >= 11 is 0. The highest BCUT2D eigenvalue weighted by molar-refractivity contribution is 5.71. The topological polar surface area (TPSA) is 67.9 Å². The lowest BCUT2D eigenvalue weighted by atomic mass is 10.2. The van der Waals surface area contributed by atoms with Gasteiger partial charge in [-0.25, -0.2) is 4.98 Å². The Bertz CT molecular complexity index is 268. The maximum absolute atomic E-state index is 11.3. The molecule has 0 spiro atoms. The van der Waals surface area contributed by atoms with Crippen LogP contribution in [-0.2, 0) is 16.0 Å². The van der Waals surface area contributed by atoms with Crippen molar-refractivity contribution in [1.82, 2.24) is 15.2 Å². The number of hydrogen-bond acceptors (Lipinski definition) is 4. The third kappa shape index (κ3) is 3.16. The summed E-state index contributed by atoms with van der Waals surface area (Å²) in [5, 5.41) is 6.27. The molecule has 1 rings (SSSR count). The van der Waals surface area contributed by atoms with Crippen molar-refractivity contribution in [3.8, 4) is 0 Å². The first-order chi connectivity index (χ1) is 6.76. The number of rotatable bonds is 5. The highest BCUT2D eigenvalue weighted by Crippen LogP contribution is 2.04. The molecule has 0 bridgehead atoms. The van der Waals surface area contributed by atoms with E-state index >= 15 is 0 Å². The van der Waals surface area contributed by atoms with Gasteiger partial charge in [-0.15, -0.1) is 0 Å². The molecule has 1 N–H and O–H groups in total. The van der Waals surface area contributed by atoms with Gasteiger partial charge in [0, 0.05) is 0 Å². The Morgan fingerprint density at radius 3 is 2.79 bits per heavy atom. The summed E-state index contributed by atoms with van der Waals surface area (Å²) in [7, 11) is 0. The van der Waals surface area contributed by atoms with Crippen LogP contribution in [0.3, 0.4) is 0 Å². The van der Waals surface area contributed by atoms with Crippen LogP contribution in [0.15, 0.2) is 6.33 Å². The second-order valence-electron chi connectivity index (χ2n) is 3.04. The first-order valence-electron chi connectivity index (χ1n) is 4.80. The lowest BCUT2D eigenvalue weighted by Crippen LogP contribution is -2.18. The molecule has 0 atom stereocenters. The second kappa shape index (κ2) is 5.36. The van der Waals surface area contributed by atoms with Crippen molar-refractivity contribution >= 4 is 5.97 Å². The van der Waals surface area contributed by atoms with Gasteiger partial charge in [-0.05, 0) is 12.8 Å². The lowest BCUT2D eigenvalue weighted by molar-refractivity contribution is -0.148. The van der Waals surface area contributed by atoms with Gasteiger partial charge < -0.3 is 4.74 Å². The number of carbonyl (C=O) groups is 1. The Hall–Kier alpha value is -1.39. The monoisotopic (exact) mass is 197 g/mol. The van der Waals surface area contributed by atoms with Crippen molar-refractivity contribution in [3.63, 3.8) is 0 Å². The number of ether oxygens (including phenoxy) is 1. The van der Waals surface area contributed by atoms with Crippen LogP contribution in [-0.4, -0.2) is 27.3 Å². The van der Waals surface area contributed by atoms with Crippen molar-refractivity contribution < 1.29 is 9.53 Å². The van der Waals surface area contributed by atoms with E-state index in [2.05, 4.69) is 15.2 Å². The summed E-state index contributed by atoms with van der Waals surface area (Å²) in [6.07, 6.45) is 3.25. The van der Waals surface area contributed by atoms with Crippen LogP contribution in [0.5, 0.6) is 0 Å². The molecule has 78 valence electrons. The van der Waals surface area contributed by atoms with Gasteiger partial charge in [-0.3, -0.25) is 9.89 Å². The first kappa shape index (κ1) is 10.7. The van der Waals surface area contributed by atoms with Gasteiger partial charge in [0.25, 0.3) is 0 Å². The van der Waals surface area contributed by atoms with Crippen molar-refractivity contribution in [3.05, 3.63) is 12.2 Å². The summed E-state index contributed by atoms with van der Waals surface area (Å²) in [6, 6.07) is 0. The SMILES string of the molecule is CCC(CC)OC(=O)Cc1ncn[nH]1. The lowest BCUT2D eigenvalue weighted by Gasteiger charge is -2.12. The van der Waals surface area contributed by atoms with Crippen molar-refractivity contribution in [1.29, 1.82) is 0 Å². The summed E-state index contributed by atoms with van der Waals surface area (Å²) in [4.78, 5) is 15.2. The molecule has 0 saturated heterocycles. The van der Waals surface area contributed by atoms with E-state index in [9.17, 15) is 4.79 Å². The second-order valence-corrected chi connectivity index (χ2v) is 3.04. The predicted molar refractivity (Wildman–Crippen MR) is 50.5 cm³/mol. The first-order valence-corrected chi connectivity index (χ1v) is 4.80. The Balaban J connectivity index is 2.35. The minimum absolute atomic E-state index is 0.0189. The van der Waals surface area contributed by atoms with E-state index in [1.54, 1.807) is 0 Å². The average Bonchev–Trinajstić information content (AvgIpc) is 2.66. The van der Waals surface area contributed by atoms with Gasteiger partial charge in [0.1, 0.15) is 24.7 Å². The summed E-state index contributed by atoms with van der Waals surface area (Å²) in [5.41, 5.74) is 0. The average molecular weight is 197 g/mol. The molecule has 1 heterocycles. The van der Waals surface area contributed by atoms with E-state index in [4.69, 9.17) is 4.74 Å². The molecule has 0 aromatic carbocycles. The molecule has 0 aliphatic rings. The normalized spacial score (nSPS) is 10.5. The molecule has 14 heavy (non-hydrogen) atoms. The van der Waals surface area contributed by atoms with Gasteiger partial charge in [0.05, 0.1) is 0 Å². The molecule has 5 heteroatoms. The fourth-order valence-electron chi connectivity index (χ4n) is 1.14. The van der Waals surface area contributed by atoms with Crippen LogP contribution in [0.4, 0.5) is 0 Å². The van der Waals surface area contributed by atoms with E-state index < -0.39 is 0 Å². The van der Waals surface area contributed by atoms with Gasteiger partial charge in [0.2, 0.25) is 0 Å². The zero-order chi connectivity index (χ0) is 10.4. The molecular formula is C9H15N3O2. The third-order valence-electron chi connectivity index (χ3n) is 1.99. The quantitative estimate of drug-likeness (QED) is 0.717. The maximum atomic E-state index is 11.3. The van der Waals surface area contributed by atoms with Gasteiger partial charge in [-0.1, -0.05) is 13.8 Å². The summed E-state index contributed by atoms with van der Waals surface area (Å²) in [5.74, 6) is 0.288. The van der Waals surface area contributed by atoms with Crippen LogP contribution in [0.25, 0.3) is 0 Å². The van der Waals surface area contributed by atoms with E-state index in [0.717, 1.165) is 12.8 Å². The largest absolute Gasteiger partial charge is 0.462 e. The van der Waals surface area contributed by atoms with Crippen LogP contribution >= 0.6 is 0 Å². The van der Waals surface area contributed by atoms with Crippen LogP contribution in [0.2, 0.25) is 0 Å². The Kier molecular flexibility index (Phi) is 4.10. The third-order valence-corrected chi connectivity index (χ3v) is 1.99. The van der Waals surface area contributed by atoms with Crippen molar-refractivity contribution in [2.24, 2.45) is 0 Å².